The maximum atomic E-state index is 9.10. The van der Waals surface area contributed by atoms with Crippen LogP contribution in [0.4, 0.5) is 0 Å². The molecule has 2 N–H and O–H groups in total. The number of aliphatic carboxylic acids is 1. The van der Waals surface area contributed by atoms with Gasteiger partial charge in [0.2, 0.25) is 0 Å². The van der Waals surface area contributed by atoms with Crippen molar-refractivity contribution < 1.29 is 15.0 Å². The zero-order chi connectivity index (χ0) is 12.2. The van der Waals surface area contributed by atoms with Gasteiger partial charge in [0, 0.05) is 6.92 Å². The molecule has 84 valence electrons. The van der Waals surface area contributed by atoms with Crippen LogP contribution in [-0.4, -0.2) is 16.2 Å². The van der Waals surface area contributed by atoms with Crippen molar-refractivity contribution >= 4 is 52.4 Å². The first-order valence-corrected chi connectivity index (χ1v) is 5.00. The Morgan fingerprint density at radius 1 is 1.13 bits per heavy atom. The quantitative estimate of drug-likeness (QED) is 0.559. The molecule has 0 atom stereocenters. The molecular weight excluding hydrogens is 286 g/mol. The SMILES string of the molecule is CC(=O)O.Oc1c(Cl)cc(Cl)c(Cl)c1Cl. The van der Waals surface area contributed by atoms with Crippen molar-refractivity contribution in [2.75, 3.05) is 0 Å². The van der Waals surface area contributed by atoms with E-state index in [2.05, 4.69) is 0 Å². The molecule has 0 bridgehead atoms. The highest BCUT2D eigenvalue weighted by molar-refractivity contribution is 6.50. The van der Waals surface area contributed by atoms with E-state index in [0.29, 0.717) is 0 Å². The second kappa shape index (κ2) is 6.28. The lowest BCUT2D eigenvalue weighted by atomic mass is 10.3. The van der Waals surface area contributed by atoms with Crippen LogP contribution in [0.15, 0.2) is 6.07 Å². The fourth-order valence-electron chi connectivity index (χ4n) is 0.557. The van der Waals surface area contributed by atoms with Crippen LogP contribution in [0.3, 0.4) is 0 Å². The largest absolute Gasteiger partial charge is 0.505 e. The summed E-state index contributed by atoms with van der Waals surface area (Å²) in [6.07, 6.45) is 0. The van der Waals surface area contributed by atoms with Crippen molar-refractivity contribution in [1.82, 2.24) is 0 Å². The average Bonchev–Trinajstić information content (AvgIpc) is 2.11. The van der Waals surface area contributed by atoms with Crippen molar-refractivity contribution in [1.29, 1.82) is 0 Å². The van der Waals surface area contributed by atoms with Gasteiger partial charge in [-0.05, 0) is 6.07 Å². The molecule has 0 aliphatic carbocycles. The first-order valence-electron chi connectivity index (χ1n) is 3.48. The van der Waals surface area contributed by atoms with Crippen LogP contribution in [0.2, 0.25) is 20.1 Å². The average molecular weight is 292 g/mol. The van der Waals surface area contributed by atoms with Crippen molar-refractivity contribution in [3.05, 3.63) is 26.2 Å². The molecular formula is C8H6Cl4O3. The first kappa shape index (κ1) is 14.6. The number of hydrogen-bond donors (Lipinski definition) is 2. The van der Waals surface area contributed by atoms with E-state index in [9.17, 15) is 0 Å². The van der Waals surface area contributed by atoms with E-state index in [4.69, 9.17) is 61.4 Å². The number of phenolic OH excluding ortho intramolecular Hbond substituents is 1. The number of aromatic hydroxyl groups is 1. The summed E-state index contributed by atoms with van der Waals surface area (Å²) in [4.78, 5) is 9.00. The molecule has 7 heteroatoms. The van der Waals surface area contributed by atoms with Crippen LogP contribution in [-0.2, 0) is 4.79 Å². The molecule has 0 unspecified atom stereocenters. The number of rotatable bonds is 0. The monoisotopic (exact) mass is 290 g/mol. The topological polar surface area (TPSA) is 57.5 Å². The Kier molecular flexibility index (Phi) is 6.13. The van der Waals surface area contributed by atoms with E-state index >= 15 is 0 Å². The molecule has 0 saturated carbocycles. The van der Waals surface area contributed by atoms with Crippen LogP contribution in [0.5, 0.6) is 5.75 Å². The molecule has 0 amide bonds. The number of carboxylic acids is 1. The number of carbonyl (C=O) groups is 1. The summed E-state index contributed by atoms with van der Waals surface area (Å²) in [6, 6.07) is 1.33. The Balaban J connectivity index is 0.000000423. The summed E-state index contributed by atoms with van der Waals surface area (Å²) in [7, 11) is 0. The molecule has 1 rings (SSSR count). The van der Waals surface area contributed by atoms with Gasteiger partial charge in [-0.2, -0.15) is 0 Å². The fraction of sp³-hybridized carbons (Fsp3) is 0.125. The molecule has 0 radical (unpaired) electrons. The van der Waals surface area contributed by atoms with Crippen molar-refractivity contribution in [2.45, 2.75) is 6.92 Å². The Morgan fingerprint density at radius 2 is 1.53 bits per heavy atom. The molecule has 0 aliphatic heterocycles. The Morgan fingerprint density at radius 3 is 1.93 bits per heavy atom. The van der Waals surface area contributed by atoms with Gasteiger partial charge < -0.3 is 10.2 Å². The summed E-state index contributed by atoms with van der Waals surface area (Å²) in [5.41, 5.74) is 0. The predicted molar refractivity (Wildman–Crippen MR) is 61.5 cm³/mol. The first-order chi connectivity index (χ1) is 6.77. The third kappa shape index (κ3) is 4.80. The number of benzene rings is 1. The molecule has 0 saturated heterocycles. The maximum Gasteiger partial charge on any atom is 0.300 e. The van der Waals surface area contributed by atoms with Gasteiger partial charge in [0.1, 0.15) is 5.02 Å². The third-order valence-corrected chi connectivity index (χ3v) is 2.63. The van der Waals surface area contributed by atoms with Gasteiger partial charge in [0.15, 0.2) is 5.75 Å². The lowest BCUT2D eigenvalue weighted by Gasteiger charge is -2.02. The highest BCUT2D eigenvalue weighted by Crippen LogP contribution is 2.41. The van der Waals surface area contributed by atoms with Gasteiger partial charge >= 0.3 is 0 Å². The minimum Gasteiger partial charge on any atom is -0.505 e. The van der Waals surface area contributed by atoms with Crippen LogP contribution in [0, 0.1) is 0 Å². The van der Waals surface area contributed by atoms with Crippen molar-refractivity contribution in [3.63, 3.8) is 0 Å². The molecule has 15 heavy (non-hydrogen) atoms. The molecule has 0 aliphatic rings. The summed E-state index contributed by atoms with van der Waals surface area (Å²) >= 11 is 22.2. The third-order valence-electron chi connectivity index (χ3n) is 1.09. The van der Waals surface area contributed by atoms with Gasteiger partial charge in [-0.1, -0.05) is 46.4 Å². The normalized spacial score (nSPS) is 9.13. The minimum atomic E-state index is -0.833. The fourth-order valence-corrected chi connectivity index (χ4v) is 1.46. The Labute approximate surface area is 106 Å². The van der Waals surface area contributed by atoms with Gasteiger partial charge in [0.25, 0.3) is 5.97 Å². The molecule has 1 aromatic rings. The highest BCUT2D eigenvalue weighted by Gasteiger charge is 2.11. The standard InChI is InChI=1S/C6H2Cl4O.C2H4O2/c7-2-1-3(8)6(11)5(10)4(2)9;1-2(3)4/h1,11H;1H3,(H,3,4). The van der Waals surface area contributed by atoms with Gasteiger partial charge in [-0.3, -0.25) is 4.79 Å². The maximum absolute atomic E-state index is 9.10. The smallest absolute Gasteiger partial charge is 0.300 e. The number of hydrogen-bond acceptors (Lipinski definition) is 2. The van der Waals surface area contributed by atoms with E-state index in [1.165, 1.54) is 6.07 Å². The predicted octanol–water partition coefficient (Wildman–Crippen LogP) is 4.10. The number of halogens is 4. The Bertz CT molecular complexity index is 348. The molecule has 0 aromatic heterocycles. The highest BCUT2D eigenvalue weighted by atomic mass is 35.5. The van der Waals surface area contributed by atoms with Crippen LogP contribution >= 0.6 is 46.4 Å². The van der Waals surface area contributed by atoms with Crippen molar-refractivity contribution in [2.24, 2.45) is 0 Å². The van der Waals surface area contributed by atoms with Crippen LogP contribution in [0.25, 0.3) is 0 Å². The van der Waals surface area contributed by atoms with Crippen LogP contribution in [0.1, 0.15) is 6.92 Å². The summed E-state index contributed by atoms with van der Waals surface area (Å²) in [5, 5.41) is 16.9. The molecule has 0 heterocycles. The van der Waals surface area contributed by atoms with E-state index in [-0.39, 0.29) is 25.8 Å². The van der Waals surface area contributed by atoms with E-state index in [1.807, 2.05) is 0 Å². The molecule has 3 nitrogen and oxygen atoms in total. The second-order valence-corrected chi connectivity index (χ2v) is 3.91. The van der Waals surface area contributed by atoms with E-state index in [0.717, 1.165) is 6.92 Å². The van der Waals surface area contributed by atoms with Crippen LogP contribution < -0.4 is 0 Å². The van der Waals surface area contributed by atoms with Gasteiger partial charge in [-0.15, -0.1) is 0 Å². The van der Waals surface area contributed by atoms with E-state index in [1.54, 1.807) is 0 Å². The van der Waals surface area contributed by atoms with Crippen molar-refractivity contribution in [3.8, 4) is 5.75 Å². The summed E-state index contributed by atoms with van der Waals surface area (Å²) in [5.74, 6) is -1.08. The molecule has 1 aromatic carbocycles. The second-order valence-electron chi connectivity index (χ2n) is 2.34. The van der Waals surface area contributed by atoms with Gasteiger partial charge in [-0.25, -0.2) is 0 Å². The zero-order valence-corrected chi connectivity index (χ0v) is 10.4. The minimum absolute atomic E-state index is 0.0239. The van der Waals surface area contributed by atoms with E-state index < -0.39 is 5.97 Å². The lowest BCUT2D eigenvalue weighted by Crippen LogP contribution is -1.78. The summed E-state index contributed by atoms with van der Waals surface area (Å²) < 4.78 is 0. The zero-order valence-electron chi connectivity index (χ0n) is 7.39. The molecule has 0 fully saturated rings. The number of phenols is 1. The Hall–Kier alpha value is -0.350. The number of carboxylic acid groups (broad SMARTS) is 1. The molecule has 0 spiro atoms. The van der Waals surface area contributed by atoms with Gasteiger partial charge in [0.05, 0.1) is 15.1 Å². The summed E-state index contributed by atoms with van der Waals surface area (Å²) in [6.45, 7) is 1.08. The lowest BCUT2D eigenvalue weighted by molar-refractivity contribution is -0.134.